The maximum atomic E-state index is 13.6. The van der Waals surface area contributed by atoms with Gasteiger partial charge in [0.25, 0.3) is 0 Å². The van der Waals surface area contributed by atoms with E-state index in [1.807, 2.05) is 0 Å². The van der Waals surface area contributed by atoms with Crippen LogP contribution in [-0.4, -0.2) is 36.8 Å². The van der Waals surface area contributed by atoms with E-state index < -0.39 is 27.6 Å². The minimum absolute atomic E-state index is 0.0619. The number of carboxylic acids is 2. The molecule has 2 N–H and O–H groups in total. The standard InChI is InChI=1S/C22H17FO7S/c1-12-8-17(19(22(26)27)11-16(12)21(24)25)18-10-15(31(2,28)29)6-7-20(18)30-14-5-3-4-13(23)9-14/h3-11H,1-2H3,(H,24,25)(H,26,27). The van der Waals surface area contributed by atoms with Gasteiger partial charge in [0.15, 0.2) is 9.84 Å². The lowest BCUT2D eigenvalue weighted by Gasteiger charge is -2.16. The van der Waals surface area contributed by atoms with Gasteiger partial charge in [0.2, 0.25) is 0 Å². The topological polar surface area (TPSA) is 118 Å². The fourth-order valence-corrected chi connectivity index (χ4v) is 3.68. The van der Waals surface area contributed by atoms with Crippen molar-refractivity contribution in [2.75, 3.05) is 6.26 Å². The first-order valence-corrected chi connectivity index (χ1v) is 10.8. The highest BCUT2D eigenvalue weighted by atomic mass is 32.2. The first-order valence-electron chi connectivity index (χ1n) is 8.86. The Balaban J connectivity index is 2.31. The van der Waals surface area contributed by atoms with Crippen molar-refractivity contribution in [3.8, 4) is 22.6 Å². The molecule has 0 heterocycles. The number of aromatic carboxylic acids is 2. The lowest BCUT2D eigenvalue weighted by molar-refractivity contribution is 0.0695. The van der Waals surface area contributed by atoms with E-state index in [9.17, 15) is 32.6 Å². The number of benzene rings is 3. The van der Waals surface area contributed by atoms with Crippen LogP contribution in [0, 0.1) is 12.7 Å². The minimum atomic E-state index is -3.65. The van der Waals surface area contributed by atoms with Crippen molar-refractivity contribution in [3.05, 3.63) is 77.1 Å². The van der Waals surface area contributed by atoms with Crippen molar-refractivity contribution in [1.82, 2.24) is 0 Å². The van der Waals surface area contributed by atoms with Crippen LogP contribution >= 0.6 is 0 Å². The Bertz CT molecular complexity index is 1310. The highest BCUT2D eigenvalue weighted by Crippen LogP contribution is 2.38. The van der Waals surface area contributed by atoms with Crippen molar-refractivity contribution < 1.29 is 37.3 Å². The molecule has 0 fully saturated rings. The molecule has 31 heavy (non-hydrogen) atoms. The molecular formula is C22H17FO7S. The smallest absolute Gasteiger partial charge is 0.336 e. The van der Waals surface area contributed by atoms with Gasteiger partial charge in [-0.05, 0) is 55.0 Å². The lowest BCUT2D eigenvalue weighted by atomic mass is 9.93. The second-order valence-electron chi connectivity index (χ2n) is 6.81. The largest absolute Gasteiger partial charge is 0.478 e. The number of sulfone groups is 1. The third kappa shape index (κ3) is 4.72. The first-order chi connectivity index (χ1) is 14.5. The predicted octanol–water partition coefficient (Wildman–Crippen LogP) is 4.39. The number of hydrogen-bond donors (Lipinski definition) is 2. The monoisotopic (exact) mass is 444 g/mol. The van der Waals surface area contributed by atoms with Crippen LogP contribution in [0.25, 0.3) is 11.1 Å². The fraction of sp³-hybridized carbons (Fsp3) is 0.0909. The molecule has 0 aliphatic rings. The van der Waals surface area contributed by atoms with E-state index in [0.717, 1.165) is 18.4 Å². The van der Waals surface area contributed by atoms with Crippen LogP contribution in [-0.2, 0) is 9.84 Å². The van der Waals surface area contributed by atoms with E-state index in [0.29, 0.717) is 0 Å². The maximum Gasteiger partial charge on any atom is 0.336 e. The van der Waals surface area contributed by atoms with Gasteiger partial charge in [-0.3, -0.25) is 0 Å². The van der Waals surface area contributed by atoms with Crippen molar-refractivity contribution in [2.45, 2.75) is 11.8 Å². The summed E-state index contributed by atoms with van der Waals surface area (Å²) in [6.07, 6.45) is 0.996. The maximum absolute atomic E-state index is 13.6. The number of aryl methyl sites for hydroxylation is 1. The number of hydrogen-bond acceptors (Lipinski definition) is 5. The van der Waals surface area contributed by atoms with E-state index in [1.165, 1.54) is 49.4 Å². The lowest BCUT2D eigenvalue weighted by Crippen LogP contribution is -2.07. The molecule has 3 aromatic carbocycles. The van der Waals surface area contributed by atoms with Crippen molar-refractivity contribution in [1.29, 1.82) is 0 Å². The summed E-state index contributed by atoms with van der Waals surface area (Å²) in [4.78, 5) is 23.2. The molecule has 9 heteroatoms. The molecule has 3 rings (SSSR count). The number of rotatable bonds is 6. The normalized spacial score (nSPS) is 11.2. The van der Waals surface area contributed by atoms with Crippen LogP contribution in [0.4, 0.5) is 4.39 Å². The highest BCUT2D eigenvalue weighted by molar-refractivity contribution is 7.90. The third-order valence-electron chi connectivity index (χ3n) is 4.52. The zero-order chi connectivity index (χ0) is 22.9. The summed E-state index contributed by atoms with van der Waals surface area (Å²) in [5, 5.41) is 19.0. The van der Waals surface area contributed by atoms with Crippen LogP contribution in [0.1, 0.15) is 26.3 Å². The molecule has 0 radical (unpaired) electrons. The van der Waals surface area contributed by atoms with Crippen molar-refractivity contribution in [3.63, 3.8) is 0 Å². The molecule has 7 nitrogen and oxygen atoms in total. The van der Waals surface area contributed by atoms with Gasteiger partial charge in [0, 0.05) is 23.4 Å². The fourth-order valence-electron chi connectivity index (χ4n) is 3.03. The molecule has 0 spiro atoms. The Kier molecular flexibility index (Phi) is 5.81. The summed E-state index contributed by atoms with van der Waals surface area (Å²) in [6.45, 7) is 1.49. The highest BCUT2D eigenvalue weighted by Gasteiger charge is 2.22. The summed E-state index contributed by atoms with van der Waals surface area (Å²) < 4.78 is 43.4. The molecule has 160 valence electrons. The van der Waals surface area contributed by atoms with Gasteiger partial charge >= 0.3 is 11.9 Å². The first kappa shape index (κ1) is 22.0. The van der Waals surface area contributed by atoms with E-state index in [2.05, 4.69) is 0 Å². The summed E-state index contributed by atoms with van der Waals surface area (Å²) in [6, 6.07) is 11.4. The van der Waals surface area contributed by atoms with E-state index in [1.54, 1.807) is 0 Å². The number of halogens is 1. The Morgan fingerprint density at radius 3 is 2.16 bits per heavy atom. The average molecular weight is 444 g/mol. The van der Waals surface area contributed by atoms with Gasteiger partial charge < -0.3 is 14.9 Å². The van der Waals surface area contributed by atoms with Crippen molar-refractivity contribution in [2.24, 2.45) is 0 Å². The molecule has 0 atom stereocenters. The van der Waals surface area contributed by atoms with Crippen LogP contribution in [0.3, 0.4) is 0 Å². The van der Waals surface area contributed by atoms with Gasteiger partial charge in [-0.15, -0.1) is 0 Å². The molecule has 0 aromatic heterocycles. The summed E-state index contributed by atoms with van der Waals surface area (Å²) in [5.74, 6) is -3.07. The summed E-state index contributed by atoms with van der Waals surface area (Å²) in [5.41, 5.74) is -0.115. The predicted molar refractivity (Wildman–Crippen MR) is 110 cm³/mol. The van der Waals surface area contributed by atoms with Crippen molar-refractivity contribution >= 4 is 21.8 Å². The van der Waals surface area contributed by atoms with Crippen LogP contribution in [0.5, 0.6) is 11.5 Å². The zero-order valence-electron chi connectivity index (χ0n) is 16.4. The molecule has 0 saturated carbocycles. The van der Waals surface area contributed by atoms with Gasteiger partial charge in [-0.25, -0.2) is 22.4 Å². The van der Waals surface area contributed by atoms with E-state index >= 15 is 0 Å². The molecule has 0 unspecified atom stereocenters. The number of ether oxygens (including phenoxy) is 1. The van der Waals surface area contributed by atoms with Gasteiger partial charge in [0.1, 0.15) is 17.3 Å². The SMILES string of the molecule is Cc1cc(-c2cc(S(C)(=O)=O)ccc2Oc2cccc(F)c2)c(C(=O)O)cc1C(=O)O. The summed E-state index contributed by atoms with van der Waals surface area (Å²) in [7, 11) is -3.65. The number of carbonyl (C=O) groups is 2. The van der Waals surface area contributed by atoms with Crippen LogP contribution < -0.4 is 4.74 Å². The van der Waals surface area contributed by atoms with Gasteiger partial charge in [0.05, 0.1) is 16.0 Å². The molecule has 0 bridgehead atoms. The molecule has 0 amide bonds. The number of carboxylic acid groups (broad SMARTS) is 2. The second kappa shape index (κ2) is 8.19. The Labute approximate surface area is 177 Å². The Morgan fingerprint density at radius 2 is 1.58 bits per heavy atom. The summed E-state index contributed by atoms with van der Waals surface area (Å²) >= 11 is 0. The van der Waals surface area contributed by atoms with Gasteiger partial charge in [-0.1, -0.05) is 6.07 Å². The molecule has 0 saturated heterocycles. The third-order valence-corrected chi connectivity index (χ3v) is 5.63. The van der Waals surface area contributed by atoms with Crippen LogP contribution in [0.15, 0.2) is 59.5 Å². The Hall–Kier alpha value is -3.72. The quantitative estimate of drug-likeness (QED) is 0.579. The molecule has 0 aliphatic carbocycles. The zero-order valence-corrected chi connectivity index (χ0v) is 17.2. The Morgan fingerprint density at radius 1 is 0.903 bits per heavy atom. The van der Waals surface area contributed by atoms with E-state index in [4.69, 9.17) is 4.74 Å². The van der Waals surface area contributed by atoms with Crippen LogP contribution in [0.2, 0.25) is 0 Å². The molecule has 0 aliphatic heterocycles. The minimum Gasteiger partial charge on any atom is -0.478 e. The van der Waals surface area contributed by atoms with Gasteiger partial charge in [-0.2, -0.15) is 0 Å². The molecular weight excluding hydrogens is 427 g/mol. The molecule has 3 aromatic rings. The van der Waals surface area contributed by atoms with E-state index in [-0.39, 0.29) is 44.2 Å². The second-order valence-corrected chi connectivity index (χ2v) is 8.83. The average Bonchev–Trinajstić information content (AvgIpc) is 2.66.